The van der Waals surface area contributed by atoms with Gasteiger partial charge >= 0.3 is 0 Å². The molecule has 4 nitrogen and oxygen atoms in total. The van der Waals surface area contributed by atoms with E-state index in [4.69, 9.17) is 4.74 Å². The summed E-state index contributed by atoms with van der Waals surface area (Å²) in [7, 11) is 1.61. The third kappa shape index (κ3) is 3.45. The van der Waals surface area contributed by atoms with Crippen LogP contribution >= 0.6 is 0 Å². The zero-order valence-electron chi connectivity index (χ0n) is 13.5. The minimum absolute atomic E-state index is 0.0250. The topological polar surface area (TPSA) is 50.4 Å². The lowest BCUT2D eigenvalue weighted by Crippen LogP contribution is -2.36. The summed E-state index contributed by atoms with van der Waals surface area (Å²) in [5.74, 6) is 0.622. The van der Waals surface area contributed by atoms with Crippen molar-refractivity contribution >= 4 is 11.6 Å². The van der Waals surface area contributed by atoms with Gasteiger partial charge in [0, 0.05) is 18.7 Å². The molecule has 0 aromatic heterocycles. The second-order valence-corrected chi connectivity index (χ2v) is 6.45. The van der Waals surface area contributed by atoms with Crippen molar-refractivity contribution in [2.45, 2.75) is 33.1 Å². The van der Waals surface area contributed by atoms with Gasteiger partial charge in [0.15, 0.2) is 0 Å². The lowest BCUT2D eigenvalue weighted by atomic mass is 9.87. The number of hydrogen-bond donors (Lipinski definition) is 2. The summed E-state index contributed by atoms with van der Waals surface area (Å²) >= 11 is 0. The number of nitrogens with one attached hydrogen (secondary N) is 2. The monoisotopic (exact) mass is 288 g/mol. The fourth-order valence-corrected chi connectivity index (χ4v) is 2.16. The van der Waals surface area contributed by atoms with Gasteiger partial charge in [-0.3, -0.25) is 4.79 Å². The van der Waals surface area contributed by atoms with Gasteiger partial charge in [0.05, 0.1) is 12.8 Å². The molecular formula is C17H24N2O2. The van der Waals surface area contributed by atoms with Crippen molar-refractivity contribution in [2.75, 3.05) is 25.5 Å². The first-order valence-electron chi connectivity index (χ1n) is 7.22. The summed E-state index contributed by atoms with van der Waals surface area (Å²) in [4.78, 5) is 12.3. The smallest absolute Gasteiger partial charge is 0.251 e. The molecule has 1 saturated heterocycles. The predicted molar refractivity (Wildman–Crippen MR) is 85.9 cm³/mol. The van der Waals surface area contributed by atoms with Crippen LogP contribution in [0.2, 0.25) is 0 Å². The highest BCUT2D eigenvalue weighted by Gasteiger charge is 2.19. The summed E-state index contributed by atoms with van der Waals surface area (Å²) in [5, 5.41) is 6.12. The number of methoxy groups -OCH3 is 1. The number of benzene rings is 1. The quantitative estimate of drug-likeness (QED) is 0.841. The Morgan fingerprint density at radius 3 is 2.43 bits per heavy atom. The van der Waals surface area contributed by atoms with Crippen LogP contribution in [-0.4, -0.2) is 26.1 Å². The lowest BCUT2D eigenvalue weighted by molar-refractivity contribution is -0.112. The molecule has 0 atom stereocenters. The molecule has 1 fully saturated rings. The maximum absolute atomic E-state index is 12.3. The zero-order chi connectivity index (χ0) is 15.6. The van der Waals surface area contributed by atoms with Crippen LogP contribution in [0.4, 0.5) is 5.69 Å². The van der Waals surface area contributed by atoms with Crippen LogP contribution in [0.25, 0.3) is 0 Å². The second-order valence-electron chi connectivity index (χ2n) is 6.45. The van der Waals surface area contributed by atoms with Crippen molar-refractivity contribution in [3.8, 4) is 5.75 Å². The van der Waals surface area contributed by atoms with Crippen LogP contribution in [0.3, 0.4) is 0 Å². The summed E-state index contributed by atoms with van der Waals surface area (Å²) in [6.07, 6.45) is 0. The van der Waals surface area contributed by atoms with Gasteiger partial charge in [0.1, 0.15) is 5.75 Å². The van der Waals surface area contributed by atoms with Crippen molar-refractivity contribution in [1.82, 2.24) is 5.32 Å². The van der Waals surface area contributed by atoms with Gasteiger partial charge in [-0.25, -0.2) is 0 Å². The Bertz CT molecular complexity index is 577. The molecule has 0 radical (unpaired) electrons. The molecular weight excluding hydrogens is 264 g/mol. The fourth-order valence-electron chi connectivity index (χ4n) is 2.16. The minimum Gasteiger partial charge on any atom is -0.495 e. The first-order chi connectivity index (χ1) is 9.82. The fraction of sp³-hybridized carbons (Fsp3) is 0.471. The van der Waals surface area contributed by atoms with E-state index in [-0.39, 0.29) is 11.3 Å². The van der Waals surface area contributed by atoms with Gasteiger partial charge in [-0.15, -0.1) is 0 Å². The predicted octanol–water partition coefficient (Wildman–Crippen LogP) is 2.85. The van der Waals surface area contributed by atoms with Crippen molar-refractivity contribution in [3.63, 3.8) is 0 Å². The van der Waals surface area contributed by atoms with Crippen LogP contribution in [0.1, 0.15) is 33.3 Å². The molecule has 0 unspecified atom stereocenters. The molecule has 1 aromatic carbocycles. The Kier molecular flexibility index (Phi) is 4.37. The highest BCUT2D eigenvalue weighted by Crippen LogP contribution is 2.31. The molecule has 0 bridgehead atoms. The van der Waals surface area contributed by atoms with E-state index in [1.54, 1.807) is 7.11 Å². The SMILES string of the molecule is COc1ccc(C(C)(C)C)cc1NC(=O)C(C)=C1CNC1. The van der Waals surface area contributed by atoms with Gasteiger partial charge < -0.3 is 15.4 Å². The number of carbonyl (C=O) groups is 1. The second kappa shape index (κ2) is 5.90. The van der Waals surface area contributed by atoms with E-state index < -0.39 is 0 Å². The molecule has 1 heterocycles. The molecule has 21 heavy (non-hydrogen) atoms. The number of carbonyl (C=O) groups excluding carboxylic acids is 1. The number of rotatable bonds is 3. The zero-order valence-corrected chi connectivity index (χ0v) is 13.5. The minimum atomic E-state index is -0.0594. The van der Waals surface area contributed by atoms with Gasteiger partial charge in [-0.2, -0.15) is 0 Å². The molecule has 1 aliphatic heterocycles. The Labute approximate surface area is 126 Å². The van der Waals surface area contributed by atoms with Crippen LogP contribution in [0, 0.1) is 0 Å². The molecule has 2 N–H and O–H groups in total. The van der Waals surface area contributed by atoms with E-state index in [1.165, 1.54) is 5.57 Å². The van der Waals surface area contributed by atoms with Crippen molar-refractivity contribution in [1.29, 1.82) is 0 Å². The average molecular weight is 288 g/mol. The summed E-state index contributed by atoms with van der Waals surface area (Å²) < 4.78 is 5.35. The van der Waals surface area contributed by atoms with Gasteiger partial charge in [-0.05, 0) is 35.6 Å². The molecule has 1 amide bonds. The van der Waals surface area contributed by atoms with Crippen LogP contribution in [0.15, 0.2) is 29.3 Å². The normalized spacial score (nSPS) is 14.4. The van der Waals surface area contributed by atoms with E-state index >= 15 is 0 Å². The number of amides is 1. The van der Waals surface area contributed by atoms with Crippen LogP contribution in [-0.2, 0) is 10.2 Å². The first kappa shape index (κ1) is 15.6. The average Bonchev–Trinajstić information content (AvgIpc) is 2.35. The van der Waals surface area contributed by atoms with E-state index in [0.717, 1.165) is 29.9 Å². The maximum Gasteiger partial charge on any atom is 0.251 e. The van der Waals surface area contributed by atoms with E-state index in [0.29, 0.717) is 5.75 Å². The molecule has 0 spiro atoms. The molecule has 0 aliphatic carbocycles. The van der Waals surface area contributed by atoms with Crippen LogP contribution < -0.4 is 15.4 Å². The molecule has 1 aliphatic rings. The van der Waals surface area contributed by atoms with E-state index in [2.05, 4.69) is 31.4 Å². The van der Waals surface area contributed by atoms with Crippen LogP contribution in [0.5, 0.6) is 5.75 Å². The third-order valence-corrected chi connectivity index (χ3v) is 3.86. The molecule has 114 valence electrons. The maximum atomic E-state index is 12.3. The van der Waals surface area contributed by atoms with Gasteiger partial charge in [0.2, 0.25) is 0 Å². The summed E-state index contributed by atoms with van der Waals surface area (Å²) in [6.45, 7) is 9.91. The van der Waals surface area contributed by atoms with E-state index in [1.807, 2.05) is 25.1 Å². The number of hydrogen-bond acceptors (Lipinski definition) is 3. The highest BCUT2D eigenvalue weighted by molar-refractivity contribution is 6.04. The van der Waals surface area contributed by atoms with Crippen molar-refractivity contribution < 1.29 is 9.53 Å². The molecule has 0 saturated carbocycles. The number of anilines is 1. The van der Waals surface area contributed by atoms with Gasteiger partial charge in [-0.1, -0.05) is 26.8 Å². The van der Waals surface area contributed by atoms with Gasteiger partial charge in [0.25, 0.3) is 5.91 Å². The highest BCUT2D eigenvalue weighted by atomic mass is 16.5. The molecule has 1 aromatic rings. The summed E-state index contributed by atoms with van der Waals surface area (Å²) in [6, 6.07) is 5.94. The Morgan fingerprint density at radius 2 is 1.95 bits per heavy atom. The number of ether oxygens (including phenoxy) is 1. The van der Waals surface area contributed by atoms with Crippen molar-refractivity contribution in [3.05, 3.63) is 34.9 Å². The standard InChI is InChI=1S/C17H24N2O2/c1-11(12-9-18-10-12)16(20)19-14-8-13(17(2,3)4)6-7-15(14)21-5/h6-8,18H,9-10H2,1-5H3,(H,19,20). The van der Waals surface area contributed by atoms with Crippen molar-refractivity contribution in [2.24, 2.45) is 0 Å². The summed E-state index contributed by atoms with van der Waals surface area (Å²) in [5.41, 5.74) is 3.86. The lowest BCUT2D eigenvalue weighted by Gasteiger charge is -2.23. The first-order valence-corrected chi connectivity index (χ1v) is 7.22. The molecule has 4 heteroatoms. The Balaban J connectivity index is 2.27. The van der Waals surface area contributed by atoms with E-state index in [9.17, 15) is 4.79 Å². The third-order valence-electron chi connectivity index (χ3n) is 3.86. The largest absolute Gasteiger partial charge is 0.495 e. The molecule has 2 rings (SSSR count). The Hall–Kier alpha value is -1.81. The Morgan fingerprint density at radius 1 is 1.29 bits per heavy atom.